The van der Waals surface area contributed by atoms with Crippen molar-refractivity contribution < 1.29 is 4.74 Å². The molecule has 1 saturated heterocycles. The lowest BCUT2D eigenvalue weighted by atomic mass is 10.1. The zero-order valence-electron chi connectivity index (χ0n) is 13.2. The molecule has 122 valence electrons. The Balaban J connectivity index is 1.62. The first-order valence-electron chi connectivity index (χ1n) is 7.83. The third-order valence-electron chi connectivity index (χ3n) is 4.10. The second kappa shape index (κ2) is 6.01. The minimum atomic E-state index is -0.175. The van der Waals surface area contributed by atoms with Crippen molar-refractivity contribution in [1.82, 2.24) is 19.7 Å². The summed E-state index contributed by atoms with van der Waals surface area (Å²) in [7, 11) is 0. The third-order valence-corrected chi connectivity index (χ3v) is 4.10. The molecule has 2 aromatic heterocycles. The average Bonchev–Trinajstić information content (AvgIpc) is 3.05. The van der Waals surface area contributed by atoms with E-state index in [0.29, 0.717) is 19.0 Å². The first-order chi connectivity index (χ1) is 11.7. The van der Waals surface area contributed by atoms with E-state index < -0.39 is 0 Å². The smallest absolute Gasteiger partial charge is 0.267 e. The number of rotatable bonds is 3. The molecule has 0 bridgehead atoms. The molecule has 1 aliphatic heterocycles. The number of aromatic nitrogens is 4. The lowest BCUT2D eigenvalue weighted by molar-refractivity contribution is 0.182. The molecule has 1 aromatic carbocycles. The Hall–Kier alpha value is -2.80. The quantitative estimate of drug-likeness (QED) is 0.787. The molecule has 0 saturated carbocycles. The van der Waals surface area contributed by atoms with Gasteiger partial charge in [-0.3, -0.25) is 9.78 Å². The van der Waals surface area contributed by atoms with Gasteiger partial charge in [0.2, 0.25) is 0 Å². The highest BCUT2D eigenvalue weighted by atomic mass is 16.5. The molecule has 0 radical (unpaired) electrons. The second-order valence-electron chi connectivity index (χ2n) is 5.86. The fraction of sp³-hybridized carbons (Fsp3) is 0.294. The first kappa shape index (κ1) is 14.8. The van der Waals surface area contributed by atoms with Gasteiger partial charge < -0.3 is 10.1 Å². The van der Waals surface area contributed by atoms with Gasteiger partial charge in [0.15, 0.2) is 0 Å². The van der Waals surface area contributed by atoms with Crippen molar-refractivity contribution in [3.63, 3.8) is 0 Å². The third kappa shape index (κ3) is 2.74. The standard InChI is InChI=1S/C17H17N5O2/c1-11-6-7-17(23)22(21-11)15-10-24-9-14(15)20-16-8-18-12-4-2-3-5-13(12)19-16/h2-8,14-15H,9-10H2,1H3,(H,19,20). The molecule has 1 N–H and O–H groups in total. The summed E-state index contributed by atoms with van der Waals surface area (Å²) < 4.78 is 7.06. The van der Waals surface area contributed by atoms with E-state index >= 15 is 0 Å². The summed E-state index contributed by atoms with van der Waals surface area (Å²) in [6, 6.07) is 10.7. The molecule has 1 fully saturated rings. The molecule has 7 heteroatoms. The molecule has 3 aromatic rings. The summed E-state index contributed by atoms with van der Waals surface area (Å²) in [6.45, 7) is 2.79. The number of nitrogens with zero attached hydrogens (tertiary/aromatic N) is 4. The van der Waals surface area contributed by atoms with E-state index in [-0.39, 0.29) is 17.6 Å². The first-order valence-corrected chi connectivity index (χ1v) is 7.83. The van der Waals surface area contributed by atoms with E-state index in [1.165, 1.54) is 10.7 Å². The number of nitrogens with one attached hydrogen (secondary N) is 1. The van der Waals surface area contributed by atoms with Crippen LogP contribution in [0.5, 0.6) is 0 Å². The van der Waals surface area contributed by atoms with Crippen LogP contribution in [0.15, 0.2) is 47.4 Å². The summed E-state index contributed by atoms with van der Waals surface area (Å²) in [5, 5.41) is 7.67. The number of hydrogen-bond donors (Lipinski definition) is 1. The summed E-state index contributed by atoms with van der Waals surface area (Å²) in [6.07, 6.45) is 1.70. The fourth-order valence-electron chi connectivity index (χ4n) is 2.90. The number of fused-ring (bicyclic) bond motifs is 1. The van der Waals surface area contributed by atoms with Crippen molar-refractivity contribution in [2.45, 2.75) is 19.0 Å². The van der Waals surface area contributed by atoms with Crippen LogP contribution in [-0.2, 0) is 4.74 Å². The van der Waals surface area contributed by atoms with Crippen LogP contribution in [0.3, 0.4) is 0 Å². The molecule has 0 amide bonds. The molecule has 3 heterocycles. The van der Waals surface area contributed by atoms with Gasteiger partial charge in [-0.15, -0.1) is 0 Å². The van der Waals surface area contributed by atoms with Gasteiger partial charge in [0, 0.05) is 6.07 Å². The van der Waals surface area contributed by atoms with E-state index in [0.717, 1.165) is 16.7 Å². The van der Waals surface area contributed by atoms with Gasteiger partial charge in [-0.2, -0.15) is 5.10 Å². The van der Waals surface area contributed by atoms with Crippen molar-refractivity contribution >= 4 is 16.9 Å². The van der Waals surface area contributed by atoms with Crippen LogP contribution in [0.4, 0.5) is 5.82 Å². The SMILES string of the molecule is Cc1ccc(=O)n(C2COCC2Nc2cnc3ccccc3n2)n1. The number of aryl methyl sites for hydroxylation is 1. The number of hydrogen-bond acceptors (Lipinski definition) is 6. The highest BCUT2D eigenvalue weighted by molar-refractivity contribution is 5.75. The Morgan fingerprint density at radius 1 is 1.17 bits per heavy atom. The van der Waals surface area contributed by atoms with Gasteiger partial charge in [0.1, 0.15) is 11.9 Å². The molecule has 24 heavy (non-hydrogen) atoms. The maximum absolute atomic E-state index is 12.1. The zero-order valence-corrected chi connectivity index (χ0v) is 13.2. The summed E-state index contributed by atoms with van der Waals surface area (Å²) in [5.41, 5.74) is 2.33. The number of benzene rings is 1. The fourth-order valence-corrected chi connectivity index (χ4v) is 2.90. The maximum atomic E-state index is 12.1. The van der Waals surface area contributed by atoms with Crippen molar-refractivity contribution in [3.05, 3.63) is 58.6 Å². The Labute approximate surface area is 138 Å². The molecule has 0 aliphatic carbocycles. The monoisotopic (exact) mass is 323 g/mol. The van der Waals surface area contributed by atoms with Gasteiger partial charge in [-0.05, 0) is 25.1 Å². The molecular formula is C17H17N5O2. The summed E-state index contributed by atoms with van der Waals surface area (Å²) >= 11 is 0. The molecule has 4 rings (SSSR count). The Bertz CT molecular complexity index is 939. The van der Waals surface area contributed by atoms with Crippen LogP contribution in [0.1, 0.15) is 11.7 Å². The van der Waals surface area contributed by atoms with Crippen LogP contribution < -0.4 is 10.9 Å². The lowest BCUT2D eigenvalue weighted by Gasteiger charge is -2.20. The van der Waals surface area contributed by atoms with E-state index in [2.05, 4.69) is 20.4 Å². The second-order valence-corrected chi connectivity index (χ2v) is 5.86. The number of para-hydroxylation sites is 2. The predicted octanol–water partition coefficient (Wildman–Crippen LogP) is 1.55. The Morgan fingerprint density at radius 3 is 2.88 bits per heavy atom. The van der Waals surface area contributed by atoms with Crippen LogP contribution in [0, 0.1) is 6.92 Å². The molecule has 0 spiro atoms. The van der Waals surface area contributed by atoms with Gasteiger partial charge in [-0.25, -0.2) is 9.67 Å². The highest BCUT2D eigenvalue weighted by Crippen LogP contribution is 2.21. The Kier molecular flexibility index (Phi) is 3.70. The predicted molar refractivity (Wildman–Crippen MR) is 90.0 cm³/mol. The van der Waals surface area contributed by atoms with Gasteiger partial charge >= 0.3 is 0 Å². The van der Waals surface area contributed by atoms with Crippen molar-refractivity contribution in [2.75, 3.05) is 18.5 Å². The minimum absolute atomic E-state index is 0.0903. The van der Waals surface area contributed by atoms with E-state index in [1.54, 1.807) is 12.3 Å². The van der Waals surface area contributed by atoms with E-state index in [1.807, 2.05) is 31.2 Å². The highest BCUT2D eigenvalue weighted by Gasteiger charge is 2.31. The number of ether oxygens (including phenoxy) is 1. The van der Waals surface area contributed by atoms with E-state index in [9.17, 15) is 4.79 Å². The van der Waals surface area contributed by atoms with Gasteiger partial charge in [0.05, 0.1) is 42.2 Å². The average molecular weight is 323 g/mol. The van der Waals surface area contributed by atoms with Gasteiger partial charge in [-0.1, -0.05) is 12.1 Å². The van der Waals surface area contributed by atoms with Crippen LogP contribution in [0.2, 0.25) is 0 Å². The largest absolute Gasteiger partial charge is 0.377 e. The normalized spacial score (nSPS) is 20.4. The molecule has 1 aliphatic rings. The van der Waals surface area contributed by atoms with Gasteiger partial charge in [0.25, 0.3) is 5.56 Å². The molecular weight excluding hydrogens is 306 g/mol. The van der Waals surface area contributed by atoms with Crippen molar-refractivity contribution in [2.24, 2.45) is 0 Å². The zero-order chi connectivity index (χ0) is 16.5. The maximum Gasteiger partial charge on any atom is 0.267 e. The summed E-state index contributed by atoms with van der Waals surface area (Å²) in [4.78, 5) is 21.1. The lowest BCUT2D eigenvalue weighted by Crippen LogP contribution is -2.37. The van der Waals surface area contributed by atoms with Crippen LogP contribution >= 0.6 is 0 Å². The molecule has 2 unspecified atom stereocenters. The molecule has 2 atom stereocenters. The number of anilines is 1. The summed E-state index contributed by atoms with van der Waals surface area (Å²) in [5.74, 6) is 0.662. The van der Waals surface area contributed by atoms with Crippen LogP contribution in [0.25, 0.3) is 11.0 Å². The minimum Gasteiger partial charge on any atom is -0.377 e. The van der Waals surface area contributed by atoms with Crippen molar-refractivity contribution in [1.29, 1.82) is 0 Å². The van der Waals surface area contributed by atoms with Crippen LogP contribution in [-0.4, -0.2) is 39.0 Å². The van der Waals surface area contributed by atoms with Crippen molar-refractivity contribution in [3.8, 4) is 0 Å². The topological polar surface area (TPSA) is 81.9 Å². The molecule has 7 nitrogen and oxygen atoms in total. The Morgan fingerprint density at radius 2 is 2.00 bits per heavy atom. The van der Waals surface area contributed by atoms with E-state index in [4.69, 9.17) is 4.74 Å².